The number of halogens is 1. The van der Waals surface area contributed by atoms with Crippen LogP contribution < -0.4 is 10.2 Å². The maximum Gasteiger partial charge on any atom is 0.227 e. The molecule has 1 aliphatic heterocycles. The fourth-order valence-electron chi connectivity index (χ4n) is 3.47. The highest BCUT2D eigenvalue weighted by Gasteiger charge is 2.25. The Kier molecular flexibility index (Phi) is 4.08. The molecular weight excluding hydrogens is 305 g/mol. The maximum atomic E-state index is 14.5. The Bertz CT molecular complexity index is 767. The molecule has 0 spiro atoms. The summed E-state index contributed by atoms with van der Waals surface area (Å²) in [6.07, 6.45) is 6.55. The molecule has 0 radical (unpaired) electrons. The molecule has 0 atom stereocenters. The van der Waals surface area contributed by atoms with Crippen LogP contribution in [-0.2, 0) is 4.79 Å². The summed E-state index contributed by atoms with van der Waals surface area (Å²) in [4.78, 5) is 18.8. The van der Waals surface area contributed by atoms with E-state index in [0.717, 1.165) is 56.4 Å². The van der Waals surface area contributed by atoms with Crippen LogP contribution in [-0.4, -0.2) is 24.0 Å². The summed E-state index contributed by atoms with van der Waals surface area (Å²) in [6.45, 7) is 1.96. The standard InChI is InChI=1S/C19H22FN3O/c20-16-12-15(21-19(24)13-5-4-6-13)11-14-7-8-17(22-18(14)16)23-9-2-1-3-10-23/h7-8,11-13H,1-6,9-10H2,(H,21,24). The highest BCUT2D eigenvalue weighted by molar-refractivity contribution is 5.95. The van der Waals surface area contributed by atoms with Crippen LogP contribution >= 0.6 is 0 Å². The zero-order valence-electron chi connectivity index (χ0n) is 13.7. The molecule has 126 valence electrons. The molecule has 1 aliphatic carbocycles. The molecule has 1 amide bonds. The van der Waals surface area contributed by atoms with Gasteiger partial charge in [-0.05, 0) is 56.4 Å². The van der Waals surface area contributed by atoms with Gasteiger partial charge in [-0.1, -0.05) is 6.42 Å². The SMILES string of the molecule is O=C(Nc1cc(F)c2nc(N3CCCCC3)ccc2c1)C1CCC1. The lowest BCUT2D eigenvalue weighted by Gasteiger charge is -2.28. The van der Waals surface area contributed by atoms with Crippen LogP contribution in [0, 0.1) is 11.7 Å². The fraction of sp³-hybridized carbons (Fsp3) is 0.474. The van der Waals surface area contributed by atoms with E-state index in [-0.39, 0.29) is 17.6 Å². The quantitative estimate of drug-likeness (QED) is 0.923. The van der Waals surface area contributed by atoms with E-state index in [1.165, 1.54) is 12.5 Å². The minimum Gasteiger partial charge on any atom is -0.357 e. The second-order valence-corrected chi connectivity index (χ2v) is 6.86. The van der Waals surface area contributed by atoms with Crippen molar-refractivity contribution in [2.24, 2.45) is 5.92 Å². The third-order valence-corrected chi connectivity index (χ3v) is 5.15. The van der Waals surface area contributed by atoms with Crippen molar-refractivity contribution in [2.45, 2.75) is 38.5 Å². The maximum absolute atomic E-state index is 14.5. The number of hydrogen-bond acceptors (Lipinski definition) is 3. The van der Waals surface area contributed by atoms with Gasteiger partial charge in [-0.15, -0.1) is 0 Å². The van der Waals surface area contributed by atoms with Gasteiger partial charge in [0.15, 0.2) is 5.82 Å². The van der Waals surface area contributed by atoms with E-state index in [4.69, 9.17) is 0 Å². The first-order valence-electron chi connectivity index (χ1n) is 8.87. The molecule has 5 heteroatoms. The number of carbonyl (C=O) groups is 1. The lowest BCUT2D eigenvalue weighted by Crippen LogP contribution is -2.30. The van der Waals surface area contributed by atoms with Gasteiger partial charge in [0.25, 0.3) is 0 Å². The number of nitrogens with one attached hydrogen (secondary N) is 1. The van der Waals surface area contributed by atoms with E-state index in [1.807, 2.05) is 18.2 Å². The van der Waals surface area contributed by atoms with Crippen LogP contribution in [0.25, 0.3) is 10.9 Å². The monoisotopic (exact) mass is 327 g/mol. The number of hydrogen-bond donors (Lipinski definition) is 1. The van der Waals surface area contributed by atoms with Gasteiger partial charge in [0.05, 0.1) is 0 Å². The van der Waals surface area contributed by atoms with Crippen molar-refractivity contribution < 1.29 is 9.18 Å². The third kappa shape index (κ3) is 2.95. The van der Waals surface area contributed by atoms with Crippen LogP contribution in [0.3, 0.4) is 0 Å². The van der Waals surface area contributed by atoms with Crippen molar-refractivity contribution >= 4 is 28.3 Å². The lowest BCUT2D eigenvalue weighted by molar-refractivity contribution is -0.122. The molecule has 4 rings (SSSR count). The van der Waals surface area contributed by atoms with Crippen LogP contribution in [0.1, 0.15) is 38.5 Å². The predicted molar refractivity (Wildman–Crippen MR) is 93.7 cm³/mol. The van der Waals surface area contributed by atoms with Gasteiger partial charge in [-0.2, -0.15) is 0 Å². The molecule has 2 heterocycles. The molecule has 4 nitrogen and oxygen atoms in total. The zero-order chi connectivity index (χ0) is 16.5. The number of carbonyl (C=O) groups excluding carboxylic acids is 1. The van der Waals surface area contributed by atoms with Gasteiger partial charge in [0.1, 0.15) is 11.3 Å². The summed E-state index contributed by atoms with van der Waals surface area (Å²) in [7, 11) is 0. The topological polar surface area (TPSA) is 45.2 Å². The first-order valence-corrected chi connectivity index (χ1v) is 8.87. The van der Waals surface area contributed by atoms with Gasteiger partial charge < -0.3 is 10.2 Å². The summed E-state index contributed by atoms with van der Waals surface area (Å²) in [5, 5.41) is 3.56. The smallest absolute Gasteiger partial charge is 0.227 e. The van der Waals surface area contributed by atoms with Crippen molar-refractivity contribution in [1.82, 2.24) is 4.98 Å². The number of rotatable bonds is 3. The summed E-state index contributed by atoms with van der Waals surface area (Å²) in [6, 6.07) is 7.03. The highest BCUT2D eigenvalue weighted by atomic mass is 19.1. The molecular formula is C19H22FN3O. The van der Waals surface area contributed by atoms with Crippen molar-refractivity contribution in [3.8, 4) is 0 Å². The summed E-state index contributed by atoms with van der Waals surface area (Å²) >= 11 is 0. The van der Waals surface area contributed by atoms with Crippen molar-refractivity contribution in [3.05, 3.63) is 30.1 Å². The average Bonchev–Trinajstić information content (AvgIpc) is 2.54. The average molecular weight is 327 g/mol. The Morgan fingerprint density at radius 2 is 1.92 bits per heavy atom. The number of piperidine rings is 1. The lowest BCUT2D eigenvalue weighted by atomic mass is 9.85. The fourth-order valence-corrected chi connectivity index (χ4v) is 3.47. The van der Waals surface area contributed by atoms with Crippen LogP contribution in [0.4, 0.5) is 15.9 Å². The number of aromatic nitrogens is 1. The van der Waals surface area contributed by atoms with Crippen LogP contribution in [0.2, 0.25) is 0 Å². The first kappa shape index (κ1) is 15.4. The van der Waals surface area contributed by atoms with E-state index >= 15 is 0 Å². The molecule has 0 bridgehead atoms. The second-order valence-electron chi connectivity index (χ2n) is 6.86. The third-order valence-electron chi connectivity index (χ3n) is 5.15. The van der Waals surface area contributed by atoms with Gasteiger partial charge >= 0.3 is 0 Å². The Labute approximate surface area is 141 Å². The molecule has 1 saturated carbocycles. The number of pyridine rings is 1. The number of amides is 1. The highest BCUT2D eigenvalue weighted by Crippen LogP contribution is 2.29. The molecule has 24 heavy (non-hydrogen) atoms. The molecule has 2 aliphatic rings. The largest absolute Gasteiger partial charge is 0.357 e. The Hall–Kier alpha value is -2.17. The van der Waals surface area contributed by atoms with E-state index < -0.39 is 0 Å². The number of nitrogens with zero attached hydrogens (tertiary/aromatic N) is 2. The molecule has 2 aromatic rings. The molecule has 1 aromatic heterocycles. The molecule has 2 fully saturated rings. The van der Waals surface area contributed by atoms with E-state index in [1.54, 1.807) is 0 Å². The Morgan fingerprint density at radius 3 is 2.62 bits per heavy atom. The number of benzene rings is 1. The van der Waals surface area contributed by atoms with E-state index in [0.29, 0.717) is 11.2 Å². The van der Waals surface area contributed by atoms with Crippen LogP contribution in [0.5, 0.6) is 0 Å². The normalized spacial score (nSPS) is 18.5. The molecule has 0 unspecified atom stereocenters. The summed E-state index contributed by atoms with van der Waals surface area (Å²) in [5.74, 6) is 0.545. The van der Waals surface area contributed by atoms with Gasteiger partial charge in [-0.3, -0.25) is 4.79 Å². The van der Waals surface area contributed by atoms with Crippen LogP contribution in [0.15, 0.2) is 24.3 Å². The number of fused-ring (bicyclic) bond motifs is 1. The van der Waals surface area contributed by atoms with Crippen molar-refractivity contribution in [2.75, 3.05) is 23.3 Å². The first-order chi connectivity index (χ1) is 11.7. The van der Waals surface area contributed by atoms with Gasteiger partial charge in [0.2, 0.25) is 5.91 Å². The number of anilines is 2. The minimum absolute atomic E-state index is 0.00195. The van der Waals surface area contributed by atoms with E-state index in [2.05, 4.69) is 15.2 Å². The zero-order valence-corrected chi connectivity index (χ0v) is 13.7. The molecule has 1 saturated heterocycles. The predicted octanol–water partition coefficient (Wildman–Crippen LogP) is 4.10. The Morgan fingerprint density at radius 1 is 1.12 bits per heavy atom. The summed E-state index contributed by atoms with van der Waals surface area (Å²) < 4.78 is 14.5. The minimum atomic E-state index is -0.379. The van der Waals surface area contributed by atoms with Crippen molar-refractivity contribution in [1.29, 1.82) is 0 Å². The van der Waals surface area contributed by atoms with E-state index in [9.17, 15) is 9.18 Å². The molecule has 1 aromatic carbocycles. The molecule has 1 N–H and O–H groups in total. The second kappa shape index (κ2) is 6.38. The van der Waals surface area contributed by atoms with Gasteiger partial charge in [-0.25, -0.2) is 9.37 Å². The van der Waals surface area contributed by atoms with Crippen molar-refractivity contribution in [3.63, 3.8) is 0 Å². The van der Waals surface area contributed by atoms with Gasteiger partial charge in [0, 0.05) is 30.1 Å². The Balaban J connectivity index is 1.60. The summed E-state index contributed by atoms with van der Waals surface area (Å²) in [5.41, 5.74) is 0.893.